The molecule has 0 aromatic carbocycles. The lowest BCUT2D eigenvalue weighted by Crippen LogP contribution is -2.37. The van der Waals surface area contributed by atoms with Gasteiger partial charge in [0.05, 0.1) is 11.3 Å². The Kier molecular flexibility index (Phi) is 6.65. The Morgan fingerprint density at radius 1 is 1.40 bits per heavy atom. The standard InChI is InChI=1S/C17H23ClF3N3O/c1-10(2)23-15(25)12-7-3-5-11(12)6-4-8-14-13(17(19,20)21)9-22-16(18)24-14/h9-12H,3-8H2,1-2H3,(H,23,25)/t11?,12-/m0/s1. The molecule has 8 heteroatoms. The Morgan fingerprint density at radius 2 is 2.12 bits per heavy atom. The van der Waals surface area contributed by atoms with Crippen molar-refractivity contribution in [2.24, 2.45) is 11.8 Å². The molecule has 140 valence electrons. The number of aromatic nitrogens is 2. The van der Waals surface area contributed by atoms with Gasteiger partial charge in [0.2, 0.25) is 11.2 Å². The van der Waals surface area contributed by atoms with Gasteiger partial charge in [0.25, 0.3) is 0 Å². The first-order valence-corrected chi connectivity index (χ1v) is 8.95. The first-order chi connectivity index (χ1) is 11.7. The Hall–Kier alpha value is -1.37. The summed E-state index contributed by atoms with van der Waals surface area (Å²) in [6.45, 7) is 3.83. The van der Waals surface area contributed by atoms with Gasteiger partial charge in [-0.15, -0.1) is 0 Å². The Balaban J connectivity index is 1.96. The molecule has 0 radical (unpaired) electrons. The predicted octanol–water partition coefficient (Wildman–Crippen LogP) is 4.41. The van der Waals surface area contributed by atoms with Gasteiger partial charge in [0, 0.05) is 18.2 Å². The van der Waals surface area contributed by atoms with E-state index in [-0.39, 0.29) is 41.2 Å². The number of nitrogens with zero attached hydrogens (tertiary/aromatic N) is 2. The Morgan fingerprint density at radius 3 is 2.76 bits per heavy atom. The minimum Gasteiger partial charge on any atom is -0.354 e. The average molecular weight is 378 g/mol. The van der Waals surface area contributed by atoms with E-state index in [1.54, 1.807) is 0 Å². The fourth-order valence-electron chi connectivity index (χ4n) is 3.47. The van der Waals surface area contributed by atoms with E-state index in [1.807, 2.05) is 13.8 Å². The molecule has 1 N–H and O–H groups in total. The zero-order valence-corrected chi connectivity index (χ0v) is 15.1. The highest BCUT2D eigenvalue weighted by molar-refractivity contribution is 6.28. The molecular formula is C17H23ClF3N3O. The third kappa shape index (κ3) is 5.56. The van der Waals surface area contributed by atoms with Crippen LogP contribution in [-0.2, 0) is 17.4 Å². The Labute approximate surface area is 150 Å². The molecule has 0 saturated heterocycles. The molecule has 1 unspecified atom stereocenters. The van der Waals surface area contributed by atoms with E-state index in [4.69, 9.17) is 11.6 Å². The smallest absolute Gasteiger partial charge is 0.354 e. The molecule has 1 amide bonds. The molecule has 0 spiro atoms. The number of hydrogen-bond acceptors (Lipinski definition) is 3. The van der Waals surface area contributed by atoms with Crippen LogP contribution in [0.3, 0.4) is 0 Å². The van der Waals surface area contributed by atoms with E-state index in [0.29, 0.717) is 12.8 Å². The monoisotopic (exact) mass is 377 g/mol. The third-order valence-corrected chi connectivity index (χ3v) is 4.74. The number of hydrogen-bond donors (Lipinski definition) is 1. The Bertz CT molecular complexity index is 607. The molecule has 1 heterocycles. The summed E-state index contributed by atoms with van der Waals surface area (Å²) in [6.07, 6.45) is 0.414. The number of carbonyl (C=O) groups is 1. The summed E-state index contributed by atoms with van der Waals surface area (Å²) in [5.74, 6) is 0.224. The van der Waals surface area contributed by atoms with Gasteiger partial charge in [-0.2, -0.15) is 13.2 Å². The second-order valence-corrected chi connectivity index (χ2v) is 7.19. The van der Waals surface area contributed by atoms with Crippen molar-refractivity contribution in [1.29, 1.82) is 0 Å². The molecule has 1 aliphatic rings. The highest BCUT2D eigenvalue weighted by atomic mass is 35.5. The summed E-state index contributed by atoms with van der Waals surface area (Å²) in [7, 11) is 0. The minimum absolute atomic E-state index is 0.0431. The van der Waals surface area contributed by atoms with Gasteiger partial charge in [0.15, 0.2) is 0 Å². The van der Waals surface area contributed by atoms with E-state index in [1.165, 1.54) is 0 Å². The van der Waals surface area contributed by atoms with Crippen molar-refractivity contribution < 1.29 is 18.0 Å². The molecule has 1 fully saturated rings. The number of halogens is 4. The van der Waals surface area contributed by atoms with Crippen molar-refractivity contribution in [1.82, 2.24) is 15.3 Å². The van der Waals surface area contributed by atoms with Crippen LogP contribution in [0.25, 0.3) is 0 Å². The van der Waals surface area contributed by atoms with Crippen molar-refractivity contribution in [2.45, 2.75) is 64.6 Å². The average Bonchev–Trinajstić information content (AvgIpc) is 2.94. The van der Waals surface area contributed by atoms with Crippen LogP contribution in [0.2, 0.25) is 5.28 Å². The molecule has 25 heavy (non-hydrogen) atoms. The van der Waals surface area contributed by atoms with Gasteiger partial charge in [-0.25, -0.2) is 9.97 Å². The SMILES string of the molecule is CC(C)NC(=O)[C@H]1CCCC1CCCc1nc(Cl)ncc1C(F)(F)F. The first kappa shape index (κ1) is 19.9. The maximum Gasteiger partial charge on any atom is 0.419 e. The van der Waals surface area contributed by atoms with Crippen LogP contribution in [0.15, 0.2) is 6.20 Å². The number of alkyl halides is 3. The highest BCUT2D eigenvalue weighted by Crippen LogP contribution is 2.36. The van der Waals surface area contributed by atoms with Crippen LogP contribution < -0.4 is 5.32 Å². The molecular weight excluding hydrogens is 355 g/mol. The molecule has 0 aliphatic heterocycles. The van der Waals surface area contributed by atoms with Crippen LogP contribution >= 0.6 is 11.6 Å². The number of aryl methyl sites for hydroxylation is 1. The third-order valence-electron chi connectivity index (χ3n) is 4.56. The van der Waals surface area contributed by atoms with Crippen LogP contribution in [0.1, 0.15) is 57.2 Å². The zero-order chi connectivity index (χ0) is 18.6. The van der Waals surface area contributed by atoms with E-state index in [0.717, 1.165) is 25.5 Å². The molecule has 1 aromatic heterocycles. The fraction of sp³-hybridized carbons (Fsp3) is 0.706. The molecule has 2 rings (SSSR count). The van der Waals surface area contributed by atoms with E-state index < -0.39 is 11.7 Å². The lowest BCUT2D eigenvalue weighted by molar-refractivity contribution is -0.138. The maximum absolute atomic E-state index is 13.0. The summed E-state index contributed by atoms with van der Waals surface area (Å²) in [5, 5.41) is 2.75. The quantitative estimate of drug-likeness (QED) is 0.747. The number of nitrogens with one attached hydrogen (secondary N) is 1. The lowest BCUT2D eigenvalue weighted by atomic mass is 9.89. The van der Waals surface area contributed by atoms with Crippen molar-refractivity contribution in [3.8, 4) is 0 Å². The van der Waals surface area contributed by atoms with Crippen molar-refractivity contribution in [3.05, 3.63) is 22.7 Å². The predicted molar refractivity (Wildman–Crippen MR) is 89.1 cm³/mol. The highest BCUT2D eigenvalue weighted by Gasteiger charge is 2.35. The van der Waals surface area contributed by atoms with E-state index >= 15 is 0 Å². The fourth-order valence-corrected chi connectivity index (χ4v) is 3.62. The lowest BCUT2D eigenvalue weighted by Gasteiger charge is -2.20. The summed E-state index contributed by atoms with van der Waals surface area (Å²) < 4.78 is 39.1. The second-order valence-electron chi connectivity index (χ2n) is 6.85. The molecule has 0 bridgehead atoms. The number of amides is 1. The molecule has 1 aliphatic carbocycles. The maximum atomic E-state index is 13.0. The summed E-state index contributed by atoms with van der Waals surface area (Å²) in [6, 6.07) is 0.0891. The van der Waals surface area contributed by atoms with Gasteiger partial charge in [0.1, 0.15) is 0 Å². The number of carbonyl (C=O) groups excluding carboxylic acids is 1. The van der Waals surface area contributed by atoms with Crippen LogP contribution in [0.4, 0.5) is 13.2 Å². The van der Waals surface area contributed by atoms with Crippen LogP contribution in [0, 0.1) is 11.8 Å². The van der Waals surface area contributed by atoms with E-state index in [9.17, 15) is 18.0 Å². The first-order valence-electron chi connectivity index (χ1n) is 8.57. The van der Waals surface area contributed by atoms with Gasteiger partial charge < -0.3 is 5.32 Å². The van der Waals surface area contributed by atoms with Crippen LogP contribution in [-0.4, -0.2) is 21.9 Å². The summed E-state index contributed by atoms with van der Waals surface area (Å²) in [5.41, 5.74) is -0.911. The minimum atomic E-state index is -4.49. The topological polar surface area (TPSA) is 54.9 Å². The number of rotatable bonds is 6. The van der Waals surface area contributed by atoms with Gasteiger partial charge in [-0.05, 0) is 63.5 Å². The van der Waals surface area contributed by atoms with Crippen molar-refractivity contribution in [3.63, 3.8) is 0 Å². The summed E-state index contributed by atoms with van der Waals surface area (Å²) >= 11 is 5.64. The van der Waals surface area contributed by atoms with Gasteiger partial charge >= 0.3 is 6.18 Å². The zero-order valence-electron chi connectivity index (χ0n) is 14.4. The van der Waals surface area contributed by atoms with Crippen LogP contribution in [0.5, 0.6) is 0 Å². The molecule has 1 saturated carbocycles. The normalized spacial score (nSPS) is 20.9. The van der Waals surface area contributed by atoms with E-state index in [2.05, 4.69) is 15.3 Å². The largest absolute Gasteiger partial charge is 0.419 e. The van der Waals surface area contributed by atoms with Crippen molar-refractivity contribution >= 4 is 17.5 Å². The van der Waals surface area contributed by atoms with Gasteiger partial charge in [-0.3, -0.25) is 4.79 Å². The molecule has 2 atom stereocenters. The van der Waals surface area contributed by atoms with Crippen molar-refractivity contribution in [2.75, 3.05) is 0 Å². The second kappa shape index (κ2) is 8.34. The molecule has 4 nitrogen and oxygen atoms in total. The van der Waals surface area contributed by atoms with Gasteiger partial charge in [-0.1, -0.05) is 6.42 Å². The summed E-state index contributed by atoms with van der Waals surface area (Å²) in [4.78, 5) is 19.4. The molecule has 1 aromatic rings.